The second-order valence-electron chi connectivity index (χ2n) is 3.53. The number of hydrogen-bond donors (Lipinski definition) is 2. The van der Waals surface area contributed by atoms with Crippen molar-refractivity contribution >= 4 is 11.6 Å². The van der Waals surface area contributed by atoms with E-state index in [1.807, 2.05) is 7.05 Å². The molecule has 0 heterocycles. The molecule has 0 fully saturated rings. The quantitative estimate of drug-likeness (QED) is 0.763. The molecule has 1 aromatic rings. The Labute approximate surface area is 94.6 Å². The number of benzene rings is 1. The molecule has 2 nitrogen and oxygen atoms in total. The second kappa shape index (κ2) is 6.05. The highest BCUT2D eigenvalue weighted by molar-refractivity contribution is 6.30. The van der Waals surface area contributed by atoms with Gasteiger partial charge in [-0.15, -0.1) is 0 Å². The topological polar surface area (TPSA) is 38.0 Å². The van der Waals surface area contributed by atoms with Crippen LogP contribution in [-0.2, 0) is 0 Å². The van der Waals surface area contributed by atoms with E-state index in [0.717, 1.165) is 24.9 Å². The highest BCUT2D eigenvalue weighted by Gasteiger charge is 2.08. The Kier molecular flexibility index (Phi) is 5.02. The van der Waals surface area contributed by atoms with Gasteiger partial charge in [0.1, 0.15) is 5.82 Å². The zero-order chi connectivity index (χ0) is 11.3. The molecular formula is C11H16ClFN2. The maximum absolute atomic E-state index is 12.9. The van der Waals surface area contributed by atoms with Gasteiger partial charge in [-0.3, -0.25) is 0 Å². The summed E-state index contributed by atoms with van der Waals surface area (Å²) in [6.45, 7) is 0.933. The molecule has 1 rings (SSSR count). The van der Waals surface area contributed by atoms with Crippen LogP contribution in [0.3, 0.4) is 0 Å². The minimum atomic E-state index is -0.400. The molecule has 3 N–H and O–H groups in total. The van der Waals surface area contributed by atoms with Crippen molar-refractivity contribution in [2.24, 2.45) is 5.73 Å². The van der Waals surface area contributed by atoms with Gasteiger partial charge in [0.25, 0.3) is 0 Å². The van der Waals surface area contributed by atoms with Gasteiger partial charge in [-0.2, -0.15) is 0 Å². The molecular weight excluding hydrogens is 215 g/mol. The molecule has 1 atom stereocenters. The lowest BCUT2D eigenvalue weighted by molar-refractivity contribution is 0.586. The van der Waals surface area contributed by atoms with Gasteiger partial charge in [0, 0.05) is 6.04 Å². The van der Waals surface area contributed by atoms with Crippen molar-refractivity contribution in [3.05, 3.63) is 34.6 Å². The summed E-state index contributed by atoms with van der Waals surface area (Å²) in [7, 11) is 1.90. The first-order chi connectivity index (χ1) is 7.15. The van der Waals surface area contributed by atoms with Crippen molar-refractivity contribution in [2.75, 3.05) is 13.6 Å². The van der Waals surface area contributed by atoms with Crippen molar-refractivity contribution in [1.29, 1.82) is 0 Å². The maximum atomic E-state index is 12.9. The monoisotopic (exact) mass is 230 g/mol. The summed E-state index contributed by atoms with van der Waals surface area (Å²) in [4.78, 5) is 0. The first-order valence-corrected chi connectivity index (χ1v) is 5.38. The minimum absolute atomic E-state index is 0.0727. The fraction of sp³-hybridized carbons (Fsp3) is 0.455. The smallest absolute Gasteiger partial charge is 0.141 e. The average molecular weight is 231 g/mol. The zero-order valence-corrected chi connectivity index (χ0v) is 9.52. The molecule has 0 aliphatic heterocycles. The number of hydrogen-bond acceptors (Lipinski definition) is 2. The molecule has 0 bridgehead atoms. The van der Waals surface area contributed by atoms with Gasteiger partial charge in [0.2, 0.25) is 0 Å². The molecule has 84 valence electrons. The van der Waals surface area contributed by atoms with E-state index in [-0.39, 0.29) is 11.1 Å². The van der Waals surface area contributed by atoms with Gasteiger partial charge in [-0.05, 0) is 44.1 Å². The fourth-order valence-corrected chi connectivity index (χ4v) is 1.60. The van der Waals surface area contributed by atoms with Crippen molar-refractivity contribution in [3.8, 4) is 0 Å². The Bertz CT molecular complexity index is 317. The molecule has 0 aromatic heterocycles. The van der Waals surface area contributed by atoms with Crippen molar-refractivity contribution in [3.63, 3.8) is 0 Å². The van der Waals surface area contributed by atoms with Gasteiger partial charge >= 0.3 is 0 Å². The number of nitrogens with one attached hydrogen (secondary N) is 1. The van der Waals surface area contributed by atoms with Crippen LogP contribution < -0.4 is 11.1 Å². The van der Waals surface area contributed by atoms with Crippen LogP contribution in [0.2, 0.25) is 5.02 Å². The summed E-state index contributed by atoms with van der Waals surface area (Å²) >= 11 is 5.68. The van der Waals surface area contributed by atoms with Crippen LogP contribution in [0.1, 0.15) is 24.4 Å². The Morgan fingerprint density at radius 3 is 2.87 bits per heavy atom. The molecule has 1 aromatic carbocycles. The lowest BCUT2D eigenvalue weighted by atomic mass is 10.0. The predicted molar refractivity (Wildman–Crippen MR) is 61.5 cm³/mol. The Morgan fingerprint density at radius 1 is 1.53 bits per heavy atom. The van der Waals surface area contributed by atoms with E-state index in [1.54, 1.807) is 12.1 Å². The molecule has 0 saturated heterocycles. The molecule has 0 aliphatic rings. The van der Waals surface area contributed by atoms with Crippen LogP contribution in [0, 0.1) is 5.82 Å². The van der Waals surface area contributed by atoms with E-state index in [2.05, 4.69) is 5.32 Å². The maximum Gasteiger partial charge on any atom is 0.141 e. The molecule has 1 unspecified atom stereocenters. The highest BCUT2D eigenvalue weighted by Crippen LogP contribution is 2.21. The molecule has 0 radical (unpaired) electrons. The van der Waals surface area contributed by atoms with Crippen molar-refractivity contribution in [1.82, 2.24) is 5.32 Å². The van der Waals surface area contributed by atoms with Gasteiger partial charge in [-0.25, -0.2) is 4.39 Å². The molecule has 15 heavy (non-hydrogen) atoms. The highest BCUT2D eigenvalue weighted by atomic mass is 35.5. The third kappa shape index (κ3) is 3.78. The van der Waals surface area contributed by atoms with Gasteiger partial charge in [-0.1, -0.05) is 17.7 Å². The average Bonchev–Trinajstić information content (AvgIpc) is 2.22. The van der Waals surface area contributed by atoms with Crippen molar-refractivity contribution < 1.29 is 4.39 Å². The largest absolute Gasteiger partial charge is 0.324 e. The summed E-state index contributed by atoms with van der Waals surface area (Å²) in [5.41, 5.74) is 6.83. The molecule has 0 aliphatic carbocycles. The SMILES string of the molecule is CNCCCC(N)c1ccc(F)c(Cl)c1. The van der Waals surface area contributed by atoms with E-state index in [4.69, 9.17) is 17.3 Å². The second-order valence-corrected chi connectivity index (χ2v) is 3.93. The van der Waals surface area contributed by atoms with Crippen LogP contribution >= 0.6 is 11.6 Å². The third-order valence-electron chi connectivity index (χ3n) is 2.31. The van der Waals surface area contributed by atoms with Crippen LogP contribution in [-0.4, -0.2) is 13.6 Å². The normalized spacial score (nSPS) is 12.8. The minimum Gasteiger partial charge on any atom is -0.324 e. The van der Waals surface area contributed by atoms with E-state index < -0.39 is 5.82 Å². The van der Waals surface area contributed by atoms with Gasteiger partial charge < -0.3 is 11.1 Å². The number of halogens is 2. The number of rotatable bonds is 5. The summed E-state index contributed by atoms with van der Waals surface area (Å²) in [5, 5.41) is 3.19. The molecule has 4 heteroatoms. The predicted octanol–water partition coefficient (Wildman–Crippen LogP) is 2.48. The van der Waals surface area contributed by atoms with Crippen LogP contribution in [0.25, 0.3) is 0 Å². The standard InChI is InChI=1S/C11H16ClFN2/c1-15-6-2-3-11(14)8-4-5-10(13)9(12)7-8/h4-5,7,11,15H,2-3,6,14H2,1H3. The van der Waals surface area contributed by atoms with Crippen LogP contribution in [0.5, 0.6) is 0 Å². The Morgan fingerprint density at radius 2 is 2.27 bits per heavy atom. The summed E-state index contributed by atoms with van der Waals surface area (Å²) in [6, 6.07) is 4.57. The third-order valence-corrected chi connectivity index (χ3v) is 2.60. The summed E-state index contributed by atoms with van der Waals surface area (Å²) in [5.74, 6) is -0.400. The fourth-order valence-electron chi connectivity index (χ4n) is 1.41. The van der Waals surface area contributed by atoms with Crippen LogP contribution in [0.4, 0.5) is 4.39 Å². The van der Waals surface area contributed by atoms with Crippen molar-refractivity contribution in [2.45, 2.75) is 18.9 Å². The Balaban J connectivity index is 2.57. The molecule has 0 saturated carbocycles. The molecule has 0 amide bonds. The van der Waals surface area contributed by atoms with E-state index >= 15 is 0 Å². The van der Waals surface area contributed by atoms with Crippen LogP contribution in [0.15, 0.2) is 18.2 Å². The first kappa shape index (κ1) is 12.4. The molecule has 0 spiro atoms. The van der Waals surface area contributed by atoms with E-state index in [0.29, 0.717) is 0 Å². The number of nitrogens with two attached hydrogens (primary N) is 1. The Hall–Kier alpha value is -0.640. The lowest BCUT2D eigenvalue weighted by Gasteiger charge is -2.12. The van der Waals surface area contributed by atoms with E-state index in [9.17, 15) is 4.39 Å². The first-order valence-electron chi connectivity index (χ1n) is 5.00. The lowest BCUT2D eigenvalue weighted by Crippen LogP contribution is -2.14. The van der Waals surface area contributed by atoms with Gasteiger partial charge in [0.15, 0.2) is 0 Å². The summed E-state index contributed by atoms with van der Waals surface area (Å²) < 4.78 is 12.9. The summed E-state index contributed by atoms with van der Waals surface area (Å²) in [6.07, 6.45) is 1.86. The van der Waals surface area contributed by atoms with Gasteiger partial charge in [0.05, 0.1) is 5.02 Å². The zero-order valence-electron chi connectivity index (χ0n) is 8.76. The van der Waals surface area contributed by atoms with E-state index in [1.165, 1.54) is 6.07 Å².